The summed E-state index contributed by atoms with van der Waals surface area (Å²) in [6, 6.07) is 14.2. The van der Waals surface area contributed by atoms with Gasteiger partial charge in [-0.05, 0) is 61.2 Å². The molecule has 0 aliphatic heterocycles. The highest BCUT2D eigenvalue weighted by atomic mass is 32.1. The molecule has 1 aliphatic carbocycles. The number of methoxy groups -OCH3 is 1. The van der Waals surface area contributed by atoms with Gasteiger partial charge in [-0.15, -0.1) is 11.3 Å². The molecule has 184 valence electrons. The van der Waals surface area contributed by atoms with Crippen molar-refractivity contribution in [1.29, 1.82) is 0 Å². The summed E-state index contributed by atoms with van der Waals surface area (Å²) in [5.74, 6) is -0.179. The highest BCUT2D eigenvalue weighted by Crippen LogP contribution is 2.32. The number of fused-ring (bicyclic) bond motifs is 1. The van der Waals surface area contributed by atoms with Crippen molar-refractivity contribution in [3.63, 3.8) is 0 Å². The molecule has 1 unspecified atom stereocenters. The number of rotatable bonds is 9. The van der Waals surface area contributed by atoms with Gasteiger partial charge in [0.2, 0.25) is 0 Å². The van der Waals surface area contributed by atoms with E-state index in [-0.39, 0.29) is 17.6 Å². The van der Waals surface area contributed by atoms with Crippen molar-refractivity contribution in [3.8, 4) is 5.75 Å². The minimum absolute atomic E-state index is 0.0851. The Kier molecular flexibility index (Phi) is 7.87. The molecule has 1 heterocycles. The quantitative estimate of drug-likeness (QED) is 0.375. The van der Waals surface area contributed by atoms with Crippen LogP contribution in [0.25, 0.3) is 0 Å². The number of hydrogen-bond acceptors (Lipinski definition) is 6. The molecule has 8 nitrogen and oxygen atoms in total. The predicted octanol–water partition coefficient (Wildman–Crippen LogP) is 5.26. The smallest absolute Gasteiger partial charge is 0.335 e. The van der Waals surface area contributed by atoms with Crippen molar-refractivity contribution in [3.05, 3.63) is 70.2 Å². The van der Waals surface area contributed by atoms with E-state index in [0.29, 0.717) is 13.1 Å². The molecule has 0 bridgehead atoms. The maximum atomic E-state index is 13.1. The number of benzene rings is 2. The second kappa shape index (κ2) is 11.2. The Labute approximate surface area is 209 Å². The third kappa shape index (κ3) is 6.10. The van der Waals surface area contributed by atoms with Gasteiger partial charge >= 0.3 is 12.0 Å². The van der Waals surface area contributed by atoms with Gasteiger partial charge in [0.15, 0.2) is 5.13 Å². The van der Waals surface area contributed by atoms with Crippen LogP contribution in [0, 0.1) is 0 Å². The fraction of sp³-hybridized carbons (Fsp3) is 0.346. The third-order valence-electron chi connectivity index (χ3n) is 6.07. The zero-order valence-electron chi connectivity index (χ0n) is 19.9. The Morgan fingerprint density at radius 2 is 1.91 bits per heavy atom. The van der Waals surface area contributed by atoms with Crippen LogP contribution in [0.15, 0.2) is 48.5 Å². The lowest BCUT2D eigenvalue weighted by Gasteiger charge is -2.33. The summed E-state index contributed by atoms with van der Waals surface area (Å²) in [4.78, 5) is 32.1. The van der Waals surface area contributed by atoms with E-state index in [2.05, 4.69) is 17.6 Å². The van der Waals surface area contributed by atoms with Gasteiger partial charge < -0.3 is 25.4 Å². The monoisotopic (exact) mass is 494 g/mol. The lowest BCUT2D eigenvalue weighted by Crippen LogP contribution is -2.45. The molecule has 3 N–H and O–H groups in total. The van der Waals surface area contributed by atoms with Crippen LogP contribution in [0.5, 0.6) is 5.75 Å². The number of aromatic nitrogens is 1. The summed E-state index contributed by atoms with van der Waals surface area (Å²) in [5, 5.41) is 16.3. The molecule has 2 aromatic carbocycles. The first kappa shape index (κ1) is 24.5. The zero-order valence-corrected chi connectivity index (χ0v) is 20.7. The van der Waals surface area contributed by atoms with E-state index >= 15 is 0 Å². The molecule has 4 rings (SSSR count). The molecule has 1 aromatic heterocycles. The zero-order chi connectivity index (χ0) is 24.8. The number of anilines is 2. The van der Waals surface area contributed by atoms with Gasteiger partial charge in [-0.1, -0.05) is 19.1 Å². The maximum Gasteiger partial charge on any atom is 0.335 e. The van der Waals surface area contributed by atoms with Gasteiger partial charge in [0.1, 0.15) is 5.75 Å². The van der Waals surface area contributed by atoms with Crippen molar-refractivity contribution in [1.82, 2.24) is 9.88 Å². The molecule has 0 fully saturated rings. The molecule has 1 atom stereocenters. The highest BCUT2D eigenvalue weighted by molar-refractivity contribution is 7.15. The van der Waals surface area contributed by atoms with Crippen LogP contribution in [-0.2, 0) is 19.4 Å². The number of thiazole rings is 1. The Morgan fingerprint density at radius 3 is 2.57 bits per heavy atom. The van der Waals surface area contributed by atoms with Crippen molar-refractivity contribution in [2.24, 2.45) is 0 Å². The molecular weight excluding hydrogens is 464 g/mol. The van der Waals surface area contributed by atoms with E-state index in [9.17, 15) is 9.59 Å². The van der Waals surface area contributed by atoms with Crippen LogP contribution in [0.1, 0.15) is 46.3 Å². The lowest BCUT2D eigenvalue weighted by molar-refractivity contribution is 0.0697. The molecular formula is C26H30N4O4S. The predicted molar refractivity (Wildman–Crippen MR) is 138 cm³/mol. The first-order valence-electron chi connectivity index (χ1n) is 11.7. The van der Waals surface area contributed by atoms with Crippen molar-refractivity contribution in [2.75, 3.05) is 24.3 Å². The summed E-state index contributed by atoms with van der Waals surface area (Å²) >= 11 is 1.63. The van der Waals surface area contributed by atoms with Gasteiger partial charge in [0, 0.05) is 36.1 Å². The molecule has 0 saturated carbocycles. The van der Waals surface area contributed by atoms with Gasteiger partial charge in [0.25, 0.3) is 0 Å². The van der Waals surface area contributed by atoms with Crippen LogP contribution >= 0.6 is 11.3 Å². The normalized spacial score (nSPS) is 14.6. The van der Waals surface area contributed by atoms with E-state index in [1.54, 1.807) is 30.6 Å². The van der Waals surface area contributed by atoms with Crippen molar-refractivity contribution < 1.29 is 19.4 Å². The van der Waals surface area contributed by atoms with Crippen LogP contribution in [-0.4, -0.2) is 46.7 Å². The number of amides is 2. The van der Waals surface area contributed by atoms with Gasteiger partial charge in [-0.25, -0.2) is 14.6 Å². The largest absolute Gasteiger partial charge is 0.497 e. The molecule has 2 amide bonds. The number of hydrogen-bond donors (Lipinski definition) is 3. The first-order chi connectivity index (χ1) is 17.0. The highest BCUT2D eigenvalue weighted by Gasteiger charge is 2.29. The minimum Gasteiger partial charge on any atom is -0.497 e. The fourth-order valence-corrected chi connectivity index (χ4v) is 5.28. The van der Waals surface area contributed by atoms with E-state index in [1.165, 1.54) is 4.88 Å². The molecule has 0 spiro atoms. The van der Waals surface area contributed by atoms with Crippen molar-refractivity contribution in [2.45, 2.75) is 45.2 Å². The summed E-state index contributed by atoms with van der Waals surface area (Å²) in [6.07, 6.45) is 3.39. The summed E-state index contributed by atoms with van der Waals surface area (Å²) in [5.41, 5.74) is 3.11. The number of aryl methyl sites for hydroxylation is 1. The van der Waals surface area contributed by atoms with E-state index < -0.39 is 5.97 Å². The summed E-state index contributed by atoms with van der Waals surface area (Å²) in [7, 11) is 1.62. The van der Waals surface area contributed by atoms with Gasteiger partial charge in [-0.2, -0.15) is 0 Å². The molecule has 1 aliphatic rings. The number of carboxylic acids is 1. The lowest BCUT2D eigenvalue weighted by atomic mass is 9.96. The Balaban J connectivity index is 1.38. The van der Waals surface area contributed by atoms with E-state index in [1.807, 2.05) is 41.3 Å². The first-order valence-corrected chi connectivity index (χ1v) is 12.5. The number of ether oxygens (including phenoxy) is 1. The molecule has 0 saturated heterocycles. The second-order valence-electron chi connectivity index (χ2n) is 8.49. The third-order valence-corrected chi connectivity index (χ3v) is 7.14. The number of carbonyl (C=O) groups is 2. The second-order valence-corrected chi connectivity index (χ2v) is 9.58. The topological polar surface area (TPSA) is 104 Å². The van der Waals surface area contributed by atoms with Crippen LogP contribution < -0.4 is 15.4 Å². The number of aromatic carboxylic acids is 1. The Bertz CT molecular complexity index is 1160. The Hall–Kier alpha value is -3.59. The average Bonchev–Trinajstić information content (AvgIpc) is 3.29. The van der Waals surface area contributed by atoms with Gasteiger partial charge in [-0.3, -0.25) is 0 Å². The number of nitrogens with zero attached hydrogens (tertiary/aromatic N) is 2. The van der Waals surface area contributed by atoms with Crippen LogP contribution in [0.4, 0.5) is 15.6 Å². The molecule has 9 heteroatoms. The summed E-state index contributed by atoms with van der Waals surface area (Å²) < 4.78 is 5.19. The standard InChI is InChI=1S/C26H30N4O4S/c1-3-14-30(26(33)28-19-8-11-21(34-2)12-9-19)20-10-13-22-23(15-20)35-25(29-22)27-16-17-4-6-18(7-5-17)24(31)32/h4-9,11-12,20H,3,10,13-16H2,1-2H3,(H,27,29)(H,28,33)(H,31,32). The number of nitrogens with one attached hydrogen (secondary N) is 2. The number of carboxylic acid groups (broad SMARTS) is 1. The molecule has 35 heavy (non-hydrogen) atoms. The maximum absolute atomic E-state index is 13.1. The minimum atomic E-state index is -0.929. The SMILES string of the molecule is CCCN(C(=O)Nc1ccc(OC)cc1)C1CCc2nc(NCc3ccc(C(=O)O)cc3)sc2C1. The average molecular weight is 495 g/mol. The van der Waals surface area contributed by atoms with E-state index in [0.717, 1.165) is 53.5 Å². The summed E-state index contributed by atoms with van der Waals surface area (Å²) in [6.45, 7) is 3.35. The Morgan fingerprint density at radius 1 is 1.17 bits per heavy atom. The molecule has 3 aromatic rings. The van der Waals surface area contributed by atoms with Crippen molar-refractivity contribution >= 4 is 34.2 Å². The fourth-order valence-electron chi connectivity index (χ4n) is 4.20. The van der Waals surface area contributed by atoms with Crippen LogP contribution in [0.2, 0.25) is 0 Å². The van der Waals surface area contributed by atoms with E-state index in [4.69, 9.17) is 14.8 Å². The van der Waals surface area contributed by atoms with Gasteiger partial charge in [0.05, 0.1) is 18.4 Å². The molecule has 0 radical (unpaired) electrons. The number of carbonyl (C=O) groups excluding carboxylic acids is 1. The number of urea groups is 1. The van der Waals surface area contributed by atoms with Crippen LogP contribution in [0.3, 0.4) is 0 Å².